The highest BCUT2D eigenvalue weighted by Crippen LogP contribution is 2.26. The fraction of sp³-hybridized carbons (Fsp3) is 0.462. The first-order chi connectivity index (χ1) is 9.52. The van der Waals surface area contributed by atoms with Crippen LogP contribution in [0.15, 0.2) is 22.7 Å². The van der Waals surface area contributed by atoms with Crippen LogP contribution in [0.1, 0.15) is 23.2 Å². The van der Waals surface area contributed by atoms with Crippen molar-refractivity contribution in [1.82, 2.24) is 4.90 Å². The number of piperidine rings is 1. The van der Waals surface area contributed by atoms with Gasteiger partial charge in [0.15, 0.2) is 0 Å². The fourth-order valence-electron chi connectivity index (χ4n) is 2.33. The van der Waals surface area contributed by atoms with Crippen LogP contribution in [0.5, 0.6) is 0 Å². The molecule has 2 N–H and O–H groups in total. The zero-order valence-electron chi connectivity index (χ0n) is 10.9. The first-order valence-corrected chi connectivity index (χ1v) is 7.25. The summed E-state index contributed by atoms with van der Waals surface area (Å²) in [6.07, 6.45) is 1.82. The number of nitro benzene ring substituents is 1. The Bertz CT molecular complexity index is 528. The van der Waals surface area contributed by atoms with E-state index < -0.39 is 4.92 Å². The second-order valence-electron chi connectivity index (χ2n) is 4.89. The van der Waals surface area contributed by atoms with Crippen LogP contribution in [0.3, 0.4) is 0 Å². The lowest BCUT2D eigenvalue weighted by Gasteiger charge is -2.31. The number of amides is 1. The first-order valence-electron chi connectivity index (χ1n) is 6.46. The summed E-state index contributed by atoms with van der Waals surface area (Å²) in [5.41, 5.74) is 6.06. The Morgan fingerprint density at radius 3 is 2.60 bits per heavy atom. The lowest BCUT2D eigenvalue weighted by molar-refractivity contribution is -0.384. The molecule has 108 valence electrons. The average molecular weight is 342 g/mol. The summed E-state index contributed by atoms with van der Waals surface area (Å²) >= 11 is 3.24. The molecule has 0 saturated carbocycles. The minimum atomic E-state index is -0.480. The van der Waals surface area contributed by atoms with Crippen molar-refractivity contribution < 1.29 is 9.72 Å². The topological polar surface area (TPSA) is 89.5 Å². The van der Waals surface area contributed by atoms with E-state index in [9.17, 15) is 14.9 Å². The van der Waals surface area contributed by atoms with E-state index in [1.54, 1.807) is 4.90 Å². The molecule has 1 aromatic rings. The lowest BCUT2D eigenvalue weighted by Crippen LogP contribution is -2.40. The minimum Gasteiger partial charge on any atom is -0.339 e. The van der Waals surface area contributed by atoms with Gasteiger partial charge in [-0.25, -0.2) is 0 Å². The molecule has 0 aromatic heterocycles. The summed E-state index contributed by atoms with van der Waals surface area (Å²) in [4.78, 5) is 24.4. The molecule has 1 saturated heterocycles. The van der Waals surface area contributed by atoms with Crippen molar-refractivity contribution in [3.63, 3.8) is 0 Å². The molecule has 1 amide bonds. The summed E-state index contributed by atoms with van der Waals surface area (Å²) in [7, 11) is 0. The van der Waals surface area contributed by atoms with E-state index in [0.717, 1.165) is 12.8 Å². The normalized spacial score (nSPS) is 16.2. The van der Waals surface area contributed by atoms with Crippen molar-refractivity contribution >= 4 is 27.5 Å². The van der Waals surface area contributed by atoms with Gasteiger partial charge < -0.3 is 10.6 Å². The number of rotatable bonds is 3. The van der Waals surface area contributed by atoms with Crippen molar-refractivity contribution in [2.45, 2.75) is 12.8 Å². The number of carbonyl (C=O) groups excluding carboxylic acids is 1. The van der Waals surface area contributed by atoms with E-state index in [1.807, 2.05) is 0 Å². The predicted octanol–water partition coefficient (Wildman–Crippen LogP) is 2.17. The molecule has 1 aliphatic rings. The van der Waals surface area contributed by atoms with E-state index in [2.05, 4.69) is 15.9 Å². The van der Waals surface area contributed by atoms with Gasteiger partial charge in [-0.05, 0) is 47.3 Å². The summed E-state index contributed by atoms with van der Waals surface area (Å²) in [5, 5.41) is 10.7. The Labute approximate surface area is 125 Å². The number of nitrogens with two attached hydrogens (primary N) is 1. The molecule has 2 rings (SSSR count). The number of hydrogen-bond donors (Lipinski definition) is 1. The number of likely N-dealkylation sites (tertiary alicyclic amines) is 1. The zero-order valence-corrected chi connectivity index (χ0v) is 12.5. The van der Waals surface area contributed by atoms with Gasteiger partial charge in [0, 0.05) is 29.7 Å². The molecule has 1 fully saturated rings. The van der Waals surface area contributed by atoms with Crippen LogP contribution in [-0.4, -0.2) is 35.4 Å². The third-order valence-corrected chi connectivity index (χ3v) is 4.29. The molecule has 0 bridgehead atoms. The average Bonchev–Trinajstić information content (AvgIpc) is 2.46. The highest BCUT2D eigenvalue weighted by molar-refractivity contribution is 9.10. The molecular formula is C13H16BrN3O3. The van der Waals surface area contributed by atoms with Crippen LogP contribution >= 0.6 is 15.9 Å². The highest BCUT2D eigenvalue weighted by atomic mass is 79.9. The van der Waals surface area contributed by atoms with Gasteiger partial charge >= 0.3 is 0 Å². The summed E-state index contributed by atoms with van der Waals surface area (Å²) in [6, 6.07) is 4.21. The molecule has 1 heterocycles. The second-order valence-corrected chi connectivity index (χ2v) is 5.75. The van der Waals surface area contributed by atoms with E-state index in [1.165, 1.54) is 18.2 Å². The van der Waals surface area contributed by atoms with Crippen LogP contribution in [0, 0.1) is 16.0 Å². The van der Waals surface area contributed by atoms with Gasteiger partial charge in [-0.2, -0.15) is 0 Å². The van der Waals surface area contributed by atoms with Gasteiger partial charge in [-0.1, -0.05) is 0 Å². The van der Waals surface area contributed by atoms with Crippen molar-refractivity contribution in [3.05, 3.63) is 38.3 Å². The molecule has 20 heavy (non-hydrogen) atoms. The second kappa shape index (κ2) is 6.32. The molecule has 7 heteroatoms. The van der Waals surface area contributed by atoms with Gasteiger partial charge in [0.2, 0.25) is 0 Å². The number of benzene rings is 1. The number of hydrogen-bond acceptors (Lipinski definition) is 4. The zero-order chi connectivity index (χ0) is 14.7. The highest BCUT2D eigenvalue weighted by Gasteiger charge is 2.24. The monoisotopic (exact) mass is 341 g/mol. The quantitative estimate of drug-likeness (QED) is 0.673. The van der Waals surface area contributed by atoms with Crippen LogP contribution in [0.4, 0.5) is 5.69 Å². The summed E-state index contributed by atoms with van der Waals surface area (Å²) in [6.45, 7) is 2.03. The molecule has 0 spiro atoms. The van der Waals surface area contributed by atoms with Gasteiger partial charge in [-0.3, -0.25) is 14.9 Å². The molecule has 0 unspecified atom stereocenters. The molecular weight excluding hydrogens is 326 g/mol. The van der Waals surface area contributed by atoms with Crippen LogP contribution < -0.4 is 5.73 Å². The van der Waals surface area contributed by atoms with Crippen molar-refractivity contribution in [3.8, 4) is 0 Å². The number of halogens is 1. The minimum absolute atomic E-state index is 0.0322. The summed E-state index contributed by atoms with van der Waals surface area (Å²) < 4.78 is 0.456. The van der Waals surface area contributed by atoms with Gasteiger partial charge in [0.1, 0.15) is 0 Å². The molecule has 0 radical (unpaired) electrons. The first kappa shape index (κ1) is 14.9. The Kier molecular flexibility index (Phi) is 4.72. The van der Waals surface area contributed by atoms with E-state index in [4.69, 9.17) is 5.73 Å². The standard InChI is InChI=1S/C13H16BrN3O3/c14-12-7-10(17(19)20)1-2-11(12)13(18)16-5-3-9(8-15)4-6-16/h1-2,7,9H,3-6,8,15H2. The third-order valence-electron chi connectivity index (χ3n) is 3.63. The number of non-ortho nitro benzene ring substituents is 1. The summed E-state index contributed by atoms with van der Waals surface area (Å²) in [5.74, 6) is 0.390. The maximum Gasteiger partial charge on any atom is 0.270 e. The van der Waals surface area contributed by atoms with E-state index in [0.29, 0.717) is 35.6 Å². The largest absolute Gasteiger partial charge is 0.339 e. The van der Waals surface area contributed by atoms with Crippen LogP contribution in [0.25, 0.3) is 0 Å². The van der Waals surface area contributed by atoms with Gasteiger partial charge in [-0.15, -0.1) is 0 Å². The van der Waals surface area contributed by atoms with Gasteiger partial charge in [0.05, 0.1) is 10.5 Å². The molecule has 1 aromatic carbocycles. The number of nitro groups is 1. The lowest BCUT2D eigenvalue weighted by atomic mass is 9.96. The van der Waals surface area contributed by atoms with Crippen LogP contribution in [-0.2, 0) is 0 Å². The van der Waals surface area contributed by atoms with Crippen molar-refractivity contribution in [2.75, 3.05) is 19.6 Å². The van der Waals surface area contributed by atoms with E-state index >= 15 is 0 Å². The van der Waals surface area contributed by atoms with Crippen LogP contribution in [0.2, 0.25) is 0 Å². The molecule has 0 atom stereocenters. The van der Waals surface area contributed by atoms with Gasteiger partial charge in [0.25, 0.3) is 11.6 Å². The predicted molar refractivity (Wildman–Crippen MR) is 78.5 cm³/mol. The number of nitrogens with zero attached hydrogens (tertiary/aromatic N) is 2. The van der Waals surface area contributed by atoms with Crippen molar-refractivity contribution in [1.29, 1.82) is 0 Å². The Morgan fingerprint density at radius 2 is 2.10 bits per heavy atom. The molecule has 0 aliphatic carbocycles. The Morgan fingerprint density at radius 1 is 1.45 bits per heavy atom. The smallest absolute Gasteiger partial charge is 0.270 e. The molecule has 6 nitrogen and oxygen atoms in total. The van der Waals surface area contributed by atoms with Crippen molar-refractivity contribution in [2.24, 2.45) is 11.7 Å². The Balaban J connectivity index is 2.12. The number of carbonyl (C=O) groups is 1. The maximum absolute atomic E-state index is 12.4. The third kappa shape index (κ3) is 3.16. The fourth-order valence-corrected chi connectivity index (χ4v) is 2.87. The van der Waals surface area contributed by atoms with E-state index in [-0.39, 0.29) is 11.6 Å². The SMILES string of the molecule is NCC1CCN(C(=O)c2ccc([N+](=O)[O-])cc2Br)CC1. The Hall–Kier alpha value is -1.47. The molecule has 1 aliphatic heterocycles. The maximum atomic E-state index is 12.4.